The highest BCUT2D eigenvalue weighted by molar-refractivity contribution is 14.1. The maximum absolute atomic E-state index is 13.0. The van der Waals surface area contributed by atoms with Crippen molar-refractivity contribution in [3.8, 4) is 17.2 Å². The normalized spacial score (nSPS) is 17.2. The third-order valence-electron chi connectivity index (χ3n) is 8.33. The number of alkyl halides is 3. The van der Waals surface area contributed by atoms with Crippen molar-refractivity contribution in [2.24, 2.45) is 0 Å². The summed E-state index contributed by atoms with van der Waals surface area (Å²) in [4.78, 5) is 45.3. The lowest BCUT2D eigenvalue weighted by Crippen LogP contribution is -2.59. The maximum Gasteiger partial charge on any atom is 0.434 e. The summed E-state index contributed by atoms with van der Waals surface area (Å²) in [6.07, 6.45) is -3.83. The topological polar surface area (TPSA) is 184 Å². The van der Waals surface area contributed by atoms with Crippen molar-refractivity contribution in [1.29, 1.82) is 0 Å². The molecule has 0 spiro atoms. The first-order valence-corrected chi connectivity index (χ1v) is 19.3. The van der Waals surface area contributed by atoms with Gasteiger partial charge in [0.15, 0.2) is 5.69 Å². The highest BCUT2D eigenvalue weighted by atomic mass is 127. The molecule has 1 aromatic heterocycles. The number of rotatable bonds is 17. The largest absolute Gasteiger partial charge is 0.494 e. The molecule has 0 bridgehead atoms. The predicted molar refractivity (Wildman–Crippen MR) is 208 cm³/mol. The van der Waals surface area contributed by atoms with E-state index in [2.05, 4.69) is 48.5 Å². The number of halogens is 4. The molecule has 2 heterocycles. The zero-order valence-electron chi connectivity index (χ0n) is 31.4. The van der Waals surface area contributed by atoms with Crippen LogP contribution in [0.15, 0.2) is 54.9 Å². The van der Waals surface area contributed by atoms with E-state index >= 15 is 0 Å². The van der Waals surface area contributed by atoms with Gasteiger partial charge >= 0.3 is 12.3 Å². The molecule has 0 saturated carbocycles. The number of nitrogens with one attached hydrogen (secondary N) is 3. The summed E-state index contributed by atoms with van der Waals surface area (Å²) in [6.45, 7) is 6.48. The number of carbonyl (C=O) groups excluding carboxylic acids is 3. The number of aromatic nitrogens is 2. The van der Waals surface area contributed by atoms with Crippen molar-refractivity contribution < 1.29 is 52.0 Å². The summed E-state index contributed by atoms with van der Waals surface area (Å²) in [5.74, 6) is 1.26. The van der Waals surface area contributed by atoms with Crippen LogP contribution in [-0.2, 0) is 26.9 Å². The lowest BCUT2D eigenvalue weighted by Gasteiger charge is -2.39. The molecule has 14 nitrogen and oxygen atoms in total. The van der Waals surface area contributed by atoms with Crippen molar-refractivity contribution >= 4 is 46.3 Å². The Balaban J connectivity index is 1.08. The molecule has 4 rings (SSSR count). The minimum Gasteiger partial charge on any atom is -0.494 e. The minimum absolute atomic E-state index is 0.0659. The maximum atomic E-state index is 13.0. The van der Waals surface area contributed by atoms with Crippen LogP contribution >= 0.6 is 22.6 Å². The fourth-order valence-electron chi connectivity index (χ4n) is 5.55. The van der Waals surface area contributed by atoms with E-state index in [-0.39, 0.29) is 43.6 Å². The second-order valence-corrected chi connectivity index (χ2v) is 15.3. The van der Waals surface area contributed by atoms with Crippen LogP contribution in [0, 0.1) is 3.57 Å². The van der Waals surface area contributed by atoms with Crippen molar-refractivity contribution in [2.75, 3.05) is 38.1 Å². The molecule has 0 unspecified atom stereocenters. The molecule has 2 aromatic carbocycles. The zero-order chi connectivity index (χ0) is 40.9. The number of hydrogen-bond acceptors (Lipinski definition) is 11. The van der Waals surface area contributed by atoms with E-state index in [1.54, 1.807) is 24.3 Å². The highest BCUT2D eigenvalue weighted by Gasteiger charge is 2.38. The van der Waals surface area contributed by atoms with Crippen molar-refractivity contribution in [1.82, 2.24) is 25.5 Å². The van der Waals surface area contributed by atoms with Gasteiger partial charge in [0.2, 0.25) is 11.8 Å². The molecule has 1 saturated heterocycles. The number of hydrogen-bond donors (Lipinski definition) is 5. The second-order valence-electron chi connectivity index (χ2n) is 14.2. The van der Waals surface area contributed by atoms with Crippen molar-refractivity contribution in [2.45, 2.75) is 89.3 Å². The van der Waals surface area contributed by atoms with E-state index in [1.165, 1.54) is 4.90 Å². The van der Waals surface area contributed by atoms with E-state index in [1.807, 2.05) is 39.0 Å². The SMILES string of the molecule is CC(C)(C)OC(=O)NCCc1ccc(Oc2ccc(OCCCNC(=O)CCCCC(=O)N3C[C@H](Nc4cncc(C(F)(F)F)n4)[C@@H](O)[C@@H](O)C3)cc2)c(I)c1. The summed E-state index contributed by atoms with van der Waals surface area (Å²) < 4.78 is 57.0. The molecule has 1 aliphatic heterocycles. The van der Waals surface area contributed by atoms with Crippen LogP contribution in [0.5, 0.6) is 17.2 Å². The fraction of sp³-hybridized carbons (Fsp3) is 0.500. The summed E-state index contributed by atoms with van der Waals surface area (Å²) in [5.41, 5.74) is -0.715. The van der Waals surface area contributed by atoms with Gasteiger partial charge in [0.25, 0.3) is 0 Å². The number of unbranched alkanes of at least 4 members (excludes halogenated alkanes) is 1. The van der Waals surface area contributed by atoms with E-state index in [0.29, 0.717) is 68.8 Å². The van der Waals surface area contributed by atoms with Crippen LogP contribution in [0.1, 0.15) is 64.1 Å². The molecule has 56 heavy (non-hydrogen) atoms. The van der Waals surface area contributed by atoms with E-state index < -0.39 is 41.8 Å². The first-order chi connectivity index (χ1) is 26.5. The van der Waals surface area contributed by atoms with Gasteiger partial charge in [-0.3, -0.25) is 14.6 Å². The van der Waals surface area contributed by atoms with Gasteiger partial charge in [0.1, 0.15) is 34.8 Å². The number of aliphatic hydroxyl groups is 2. The Hall–Kier alpha value is -4.43. The summed E-state index contributed by atoms with van der Waals surface area (Å²) in [7, 11) is 0. The van der Waals surface area contributed by atoms with E-state index in [9.17, 15) is 37.8 Å². The van der Waals surface area contributed by atoms with Gasteiger partial charge in [-0.15, -0.1) is 0 Å². The van der Waals surface area contributed by atoms with E-state index in [0.717, 1.165) is 15.3 Å². The monoisotopic (exact) mass is 900 g/mol. The molecule has 306 valence electrons. The Morgan fingerprint density at radius 3 is 2.34 bits per heavy atom. The Morgan fingerprint density at radius 1 is 0.929 bits per heavy atom. The van der Waals surface area contributed by atoms with Crippen LogP contribution < -0.4 is 25.4 Å². The Morgan fingerprint density at radius 2 is 1.64 bits per heavy atom. The van der Waals surface area contributed by atoms with Gasteiger partial charge in [-0.1, -0.05) is 6.07 Å². The summed E-state index contributed by atoms with van der Waals surface area (Å²) in [6, 6.07) is 12.1. The number of likely N-dealkylation sites (tertiary alicyclic amines) is 1. The summed E-state index contributed by atoms with van der Waals surface area (Å²) >= 11 is 2.21. The van der Waals surface area contributed by atoms with E-state index in [4.69, 9.17) is 14.2 Å². The second kappa shape index (κ2) is 20.7. The van der Waals surface area contributed by atoms with Crippen LogP contribution in [0.25, 0.3) is 0 Å². The molecule has 3 aromatic rings. The minimum atomic E-state index is -4.71. The number of alkyl carbamates (subject to hydrolysis) is 1. The Kier molecular flexibility index (Phi) is 16.3. The molecule has 3 atom stereocenters. The Labute approximate surface area is 337 Å². The average molecular weight is 901 g/mol. The van der Waals surface area contributed by atoms with Crippen LogP contribution in [0.2, 0.25) is 0 Å². The number of amides is 3. The average Bonchev–Trinajstić information content (AvgIpc) is 3.12. The number of anilines is 1. The van der Waals surface area contributed by atoms with Crippen LogP contribution in [-0.4, -0.2) is 99.6 Å². The highest BCUT2D eigenvalue weighted by Crippen LogP contribution is 2.30. The van der Waals surface area contributed by atoms with Crippen molar-refractivity contribution in [3.05, 3.63) is 69.7 Å². The first kappa shape index (κ1) is 44.3. The first-order valence-electron chi connectivity index (χ1n) is 18.2. The van der Waals surface area contributed by atoms with Crippen molar-refractivity contribution in [3.63, 3.8) is 0 Å². The molecule has 1 fully saturated rings. The molecule has 1 aliphatic rings. The Bertz CT molecular complexity index is 1760. The number of aliphatic hydroxyl groups excluding tert-OH is 2. The molecule has 0 radical (unpaired) electrons. The van der Waals surface area contributed by atoms with Gasteiger partial charge < -0.3 is 45.3 Å². The molecule has 0 aliphatic carbocycles. The number of β-amino-alcohol motifs (C(OH)–C–C–N with tert-alkyl or cyclic N) is 1. The third-order valence-corrected chi connectivity index (χ3v) is 9.17. The predicted octanol–water partition coefficient (Wildman–Crippen LogP) is 5.45. The van der Waals surface area contributed by atoms with Crippen LogP contribution in [0.3, 0.4) is 0 Å². The van der Waals surface area contributed by atoms with Crippen LogP contribution in [0.4, 0.5) is 23.8 Å². The fourth-order valence-corrected chi connectivity index (χ4v) is 6.24. The third kappa shape index (κ3) is 14.9. The molecular weight excluding hydrogens is 852 g/mol. The molecule has 18 heteroatoms. The number of benzene rings is 2. The van der Waals surface area contributed by atoms with Gasteiger partial charge in [0.05, 0.1) is 34.7 Å². The number of ether oxygens (including phenoxy) is 3. The number of piperidine rings is 1. The van der Waals surface area contributed by atoms with Gasteiger partial charge in [-0.25, -0.2) is 9.78 Å². The standard InChI is InChI=1S/C38H48F3IN6O8/c1-37(2,3)56-36(53)45-17-15-24-9-14-30(27(42)19-24)55-26-12-10-25(11-13-26)54-18-6-16-44-33(50)7-4-5-8-34(51)48-22-28(35(52)29(49)23-48)46-32-21-43-20-31(47-32)38(39,40)41/h9-14,19-21,28-29,35,49,52H,4-8,15-18,22-23H2,1-3H3,(H,44,50)(H,45,53)(H,46,47)/t28-,29-,35+/m0/s1. The number of carbonyl (C=O) groups is 3. The quantitative estimate of drug-likeness (QED) is 0.0858. The molecular formula is C38H48F3IN6O8. The number of nitrogens with zero attached hydrogens (tertiary/aromatic N) is 3. The molecule has 3 amide bonds. The zero-order valence-corrected chi connectivity index (χ0v) is 33.6. The van der Waals surface area contributed by atoms with Gasteiger partial charge in [-0.05, 0) is 111 Å². The molecule has 5 N–H and O–H groups in total. The lowest BCUT2D eigenvalue weighted by atomic mass is 9.98. The van der Waals surface area contributed by atoms with Gasteiger partial charge in [-0.2, -0.15) is 13.2 Å². The smallest absolute Gasteiger partial charge is 0.434 e. The summed E-state index contributed by atoms with van der Waals surface area (Å²) in [5, 5.41) is 28.9. The van der Waals surface area contributed by atoms with Gasteiger partial charge in [0, 0.05) is 39.0 Å². The lowest BCUT2D eigenvalue weighted by molar-refractivity contribution is -0.141.